The highest BCUT2D eigenvalue weighted by Crippen LogP contribution is 2.02. The average Bonchev–Trinajstić information content (AvgIpc) is 2.74. The van der Waals surface area contributed by atoms with E-state index in [2.05, 4.69) is 4.99 Å². The highest BCUT2D eigenvalue weighted by molar-refractivity contribution is 7.07. The first-order chi connectivity index (χ1) is 8.25. The Kier molecular flexibility index (Phi) is 3.88. The molecule has 1 amide bonds. The first-order valence-electron chi connectivity index (χ1n) is 5.47. The van der Waals surface area contributed by atoms with Gasteiger partial charge in [-0.05, 0) is 12.0 Å². The van der Waals surface area contributed by atoms with Crippen LogP contribution >= 0.6 is 11.3 Å². The zero-order valence-corrected chi connectivity index (χ0v) is 10.5. The molecule has 0 saturated heterocycles. The summed E-state index contributed by atoms with van der Waals surface area (Å²) in [5, 5.41) is 1.92. The van der Waals surface area contributed by atoms with Crippen molar-refractivity contribution in [3.63, 3.8) is 0 Å². The largest absolute Gasteiger partial charge is 0.327 e. The van der Waals surface area contributed by atoms with Crippen molar-refractivity contribution in [1.29, 1.82) is 0 Å². The Morgan fingerprint density at radius 2 is 2.12 bits per heavy atom. The Balaban J connectivity index is 1.98. The van der Waals surface area contributed by atoms with Crippen LogP contribution in [0.1, 0.15) is 12.0 Å². The lowest BCUT2D eigenvalue weighted by Crippen LogP contribution is -2.12. The summed E-state index contributed by atoms with van der Waals surface area (Å²) in [6.45, 7) is 0. The lowest BCUT2D eigenvalue weighted by atomic mass is 10.1. The van der Waals surface area contributed by atoms with Gasteiger partial charge in [-0.3, -0.25) is 4.79 Å². The van der Waals surface area contributed by atoms with E-state index in [-0.39, 0.29) is 5.91 Å². The summed E-state index contributed by atoms with van der Waals surface area (Å²) in [4.78, 5) is 16.5. The maximum Gasteiger partial charge on any atom is 0.248 e. The van der Waals surface area contributed by atoms with Gasteiger partial charge in [0, 0.05) is 25.0 Å². The number of benzene rings is 1. The van der Waals surface area contributed by atoms with E-state index in [4.69, 9.17) is 0 Å². The predicted octanol–water partition coefficient (Wildman–Crippen LogP) is 2.15. The van der Waals surface area contributed by atoms with Crippen LogP contribution in [0.4, 0.5) is 0 Å². The molecule has 1 aromatic heterocycles. The van der Waals surface area contributed by atoms with Crippen molar-refractivity contribution in [1.82, 2.24) is 4.57 Å². The van der Waals surface area contributed by atoms with Crippen LogP contribution in [0, 0.1) is 0 Å². The van der Waals surface area contributed by atoms with Crippen molar-refractivity contribution in [2.75, 3.05) is 0 Å². The number of hydrogen-bond donors (Lipinski definition) is 0. The molecule has 0 atom stereocenters. The molecule has 1 heterocycles. The molecule has 0 radical (unpaired) electrons. The molecule has 2 rings (SSSR count). The second-order valence-corrected chi connectivity index (χ2v) is 4.66. The third kappa shape index (κ3) is 3.39. The van der Waals surface area contributed by atoms with E-state index in [0.717, 1.165) is 11.2 Å². The molecule has 88 valence electrons. The van der Waals surface area contributed by atoms with E-state index in [1.807, 2.05) is 53.5 Å². The van der Waals surface area contributed by atoms with Gasteiger partial charge in [0.1, 0.15) is 0 Å². The highest BCUT2D eigenvalue weighted by atomic mass is 32.1. The van der Waals surface area contributed by atoms with Gasteiger partial charge in [0.25, 0.3) is 0 Å². The fourth-order valence-electron chi connectivity index (χ4n) is 1.49. The molecular weight excluding hydrogens is 232 g/mol. The van der Waals surface area contributed by atoms with Crippen molar-refractivity contribution in [3.05, 3.63) is 52.3 Å². The van der Waals surface area contributed by atoms with Crippen LogP contribution in [-0.2, 0) is 18.3 Å². The van der Waals surface area contributed by atoms with Crippen LogP contribution in [0.25, 0.3) is 0 Å². The Morgan fingerprint density at radius 3 is 2.76 bits per heavy atom. The van der Waals surface area contributed by atoms with Crippen molar-refractivity contribution in [3.8, 4) is 0 Å². The van der Waals surface area contributed by atoms with E-state index in [1.165, 1.54) is 16.9 Å². The third-order valence-electron chi connectivity index (χ3n) is 2.45. The summed E-state index contributed by atoms with van der Waals surface area (Å²) in [7, 11) is 1.89. The molecule has 4 heteroatoms. The highest BCUT2D eigenvalue weighted by Gasteiger charge is 2.01. The Bertz CT molecular complexity index is 554. The quantitative estimate of drug-likeness (QED) is 0.817. The smallest absolute Gasteiger partial charge is 0.248 e. The van der Waals surface area contributed by atoms with Gasteiger partial charge < -0.3 is 4.57 Å². The number of aryl methyl sites for hydroxylation is 2. The SMILES string of the molecule is Cn1ccsc1=NC(=O)CCc1ccccc1. The minimum atomic E-state index is -0.0631. The number of nitrogens with zero attached hydrogens (tertiary/aromatic N) is 2. The van der Waals surface area contributed by atoms with Crippen LogP contribution in [0.3, 0.4) is 0 Å². The number of hydrogen-bond acceptors (Lipinski definition) is 2. The molecule has 0 aliphatic heterocycles. The van der Waals surface area contributed by atoms with Gasteiger partial charge in [-0.15, -0.1) is 11.3 Å². The Hall–Kier alpha value is -1.68. The molecule has 0 fully saturated rings. The maximum absolute atomic E-state index is 11.7. The molecule has 0 unspecified atom stereocenters. The number of aromatic nitrogens is 1. The van der Waals surface area contributed by atoms with Crippen LogP contribution < -0.4 is 4.80 Å². The van der Waals surface area contributed by atoms with Gasteiger partial charge in [-0.1, -0.05) is 30.3 Å². The summed E-state index contributed by atoms with van der Waals surface area (Å²) >= 11 is 1.48. The second-order valence-electron chi connectivity index (χ2n) is 3.79. The second kappa shape index (κ2) is 5.59. The zero-order valence-electron chi connectivity index (χ0n) is 9.67. The van der Waals surface area contributed by atoms with Crippen LogP contribution in [0.2, 0.25) is 0 Å². The number of carbonyl (C=O) groups excluding carboxylic acids is 1. The summed E-state index contributed by atoms with van der Waals surface area (Å²) in [5.41, 5.74) is 1.17. The van der Waals surface area contributed by atoms with Crippen molar-refractivity contribution < 1.29 is 4.79 Å². The van der Waals surface area contributed by atoms with E-state index in [9.17, 15) is 4.79 Å². The predicted molar refractivity (Wildman–Crippen MR) is 68.6 cm³/mol. The monoisotopic (exact) mass is 246 g/mol. The first-order valence-corrected chi connectivity index (χ1v) is 6.35. The number of rotatable bonds is 3. The molecular formula is C13H14N2OS. The van der Waals surface area contributed by atoms with Crippen LogP contribution in [0.5, 0.6) is 0 Å². The molecule has 2 aromatic rings. The van der Waals surface area contributed by atoms with Gasteiger partial charge >= 0.3 is 0 Å². The fourth-order valence-corrected chi connectivity index (χ4v) is 2.24. The van der Waals surface area contributed by atoms with Gasteiger partial charge in [0.15, 0.2) is 4.80 Å². The molecule has 0 aliphatic rings. The first kappa shape index (κ1) is 11.8. The normalized spacial score (nSPS) is 11.7. The zero-order chi connectivity index (χ0) is 12.1. The lowest BCUT2D eigenvalue weighted by molar-refractivity contribution is -0.118. The van der Waals surface area contributed by atoms with Gasteiger partial charge in [0.2, 0.25) is 5.91 Å². The lowest BCUT2D eigenvalue weighted by Gasteiger charge is -1.97. The van der Waals surface area contributed by atoms with E-state index < -0.39 is 0 Å². The van der Waals surface area contributed by atoms with E-state index in [1.54, 1.807) is 0 Å². The molecule has 0 saturated carbocycles. The Labute approximate surface area is 104 Å². The molecule has 1 aromatic carbocycles. The molecule has 3 nitrogen and oxygen atoms in total. The van der Waals surface area contributed by atoms with Gasteiger partial charge in [0.05, 0.1) is 0 Å². The fraction of sp³-hybridized carbons (Fsp3) is 0.231. The summed E-state index contributed by atoms with van der Waals surface area (Å²) in [6.07, 6.45) is 3.11. The maximum atomic E-state index is 11.7. The van der Waals surface area contributed by atoms with Crippen molar-refractivity contribution in [2.45, 2.75) is 12.8 Å². The summed E-state index contributed by atoms with van der Waals surface area (Å²) < 4.78 is 1.85. The van der Waals surface area contributed by atoms with Crippen molar-refractivity contribution in [2.24, 2.45) is 12.0 Å². The van der Waals surface area contributed by atoms with E-state index >= 15 is 0 Å². The number of amides is 1. The number of carbonyl (C=O) groups is 1. The standard InChI is InChI=1S/C13H14N2OS/c1-15-9-10-17-13(15)14-12(16)8-7-11-5-3-2-4-6-11/h2-6,9-10H,7-8H2,1H3. The number of thiazole rings is 1. The van der Waals surface area contributed by atoms with E-state index in [0.29, 0.717) is 6.42 Å². The molecule has 17 heavy (non-hydrogen) atoms. The molecule has 0 N–H and O–H groups in total. The summed E-state index contributed by atoms with van der Waals surface area (Å²) in [5.74, 6) is -0.0631. The molecule has 0 bridgehead atoms. The third-order valence-corrected chi connectivity index (χ3v) is 3.30. The van der Waals surface area contributed by atoms with Crippen LogP contribution in [0.15, 0.2) is 46.9 Å². The summed E-state index contributed by atoms with van der Waals surface area (Å²) in [6, 6.07) is 9.99. The molecule has 0 spiro atoms. The van der Waals surface area contributed by atoms with Gasteiger partial charge in [-0.25, -0.2) is 0 Å². The minimum absolute atomic E-state index is 0.0631. The Morgan fingerprint density at radius 1 is 1.35 bits per heavy atom. The van der Waals surface area contributed by atoms with Crippen molar-refractivity contribution >= 4 is 17.2 Å². The topological polar surface area (TPSA) is 34.4 Å². The molecule has 0 aliphatic carbocycles. The average molecular weight is 246 g/mol. The van der Waals surface area contributed by atoms with Gasteiger partial charge in [-0.2, -0.15) is 4.99 Å². The minimum Gasteiger partial charge on any atom is -0.327 e. The van der Waals surface area contributed by atoms with Crippen LogP contribution in [-0.4, -0.2) is 10.5 Å².